The maximum atomic E-state index is 16.5. The molecule has 6 heterocycles. The fourth-order valence-electron chi connectivity index (χ4n) is 20.9. The van der Waals surface area contributed by atoms with E-state index in [1.165, 1.54) is 41.1 Å². The van der Waals surface area contributed by atoms with E-state index in [1.807, 2.05) is 26.8 Å². The van der Waals surface area contributed by atoms with Crippen LogP contribution in [0.3, 0.4) is 0 Å². The molecular formula is C78H116O38. The van der Waals surface area contributed by atoms with Crippen LogP contribution in [0.5, 0.6) is 11.5 Å². The van der Waals surface area contributed by atoms with Crippen LogP contribution < -0.4 is 9.47 Å². The summed E-state index contributed by atoms with van der Waals surface area (Å²) in [6, 6.07) is 4.74. The summed E-state index contributed by atoms with van der Waals surface area (Å²) in [5, 5.41) is 202. The first-order valence-electron chi connectivity index (χ1n) is 39.6. The number of aliphatic carboxylic acids is 1. The van der Waals surface area contributed by atoms with Crippen LogP contribution in [0.2, 0.25) is 0 Å². The average Bonchev–Trinajstić information content (AvgIpc) is 0.668. The van der Waals surface area contributed by atoms with Crippen LogP contribution >= 0.6 is 0 Å². The topological polar surface area (TPSA) is 580 Å². The number of carbonyl (C=O) groups is 4. The molecule has 4 saturated carbocycles. The summed E-state index contributed by atoms with van der Waals surface area (Å²) in [6.45, 7) is 9.95. The molecule has 38 nitrogen and oxygen atoms in total. The molecule has 38 heteroatoms. The Kier molecular flexibility index (Phi) is 27.3. The van der Waals surface area contributed by atoms with Crippen molar-refractivity contribution in [1.29, 1.82) is 0 Å². The number of carbonyl (C=O) groups excluding carboxylic acids is 3. The summed E-state index contributed by atoms with van der Waals surface area (Å²) in [5.74, 6) is -5.41. The molecule has 6 saturated heterocycles. The van der Waals surface area contributed by atoms with E-state index < -0.39 is 297 Å². The number of rotatable bonds is 23. The minimum Gasteiger partial charge on any atom is -0.493 e. The molecule has 0 aromatic heterocycles. The number of benzene rings is 1. The number of carboxylic acids is 1. The Bertz CT molecular complexity index is 3660. The third-order valence-electron chi connectivity index (χ3n) is 27.5. The first kappa shape index (κ1) is 90.3. The van der Waals surface area contributed by atoms with Gasteiger partial charge < -0.3 is 168 Å². The van der Waals surface area contributed by atoms with Crippen molar-refractivity contribution < 1.29 is 187 Å². The summed E-state index contributed by atoms with van der Waals surface area (Å²) in [6.07, 6.45) is -50.5. The predicted molar refractivity (Wildman–Crippen MR) is 386 cm³/mol. The van der Waals surface area contributed by atoms with Crippen LogP contribution in [-0.2, 0) is 85.5 Å². The van der Waals surface area contributed by atoms with Gasteiger partial charge in [0.2, 0.25) is 6.29 Å². The van der Waals surface area contributed by atoms with E-state index in [9.17, 15) is 106 Å². The smallest absolute Gasteiger partial charge is 0.331 e. The molecule has 5 aliphatic carbocycles. The summed E-state index contributed by atoms with van der Waals surface area (Å²) in [4.78, 5) is 57.2. The number of aliphatic hydroxyl groups is 17. The summed E-state index contributed by atoms with van der Waals surface area (Å²) >= 11 is 0. The van der Waals surface area contributed by atoms with Gasteiger partial charge in [0.15, 0.2) is 55.2 Å². The fourth-order valence-corrected chi connectivity index (χ4v) is 20.9. The number of ether oxygens (including phenoxy) is 16. The fraction of sp³-hybridized carbons (Fsp3) is 0.821. The van der Waals surface area contributed by atoms with Gasteiger partial charge in [0.25, 0.3) is 0 Å². The van der Waals surface area contributed by atoms with Crippen molar-refractivity contribution in [3.63, 3.8) is 0 Å². The number of hydrogen-bond acceptors (Lipinski definition) is 37. The van der Waals surface area contributed by atoms with Crippen LogP contribution in [0.4, 0.5) is 0 Å². The molecule has 10 fully saturated rings. The van der Waals surface area contributed by atoms with Gasteiger partial charge in [-0.2, -0.15) is 0 Å². The molecule has 656 valence electrons. The van der Waals surface area contributed by atoms with Crippen LogP contribution in [0.15, 0.2) is 35.9 Å². The molecule has 0 amide bonds. The van der Waals surface area contributed by atoms with Gasteiger partial charge in [-0.05, 0) is 136 Å². The highest BCUT2D eigenvalue weighted by atomic mass is 16.8. The van der Waals surface area contributed by atoms with Gasteiger partial charge in [0.1, 0.15) is 129 Å². The second-order valence-electron chi connectivity index (χ2n) is 34.7. The van der Waals surface area contributed by atoms with E-state index in [-0.39, 0.29) is 38.5 Å². The van der Waals surface area contributed by atoms with Crippen molar-refractivity contribution in [3.8, 4) is 11.5 Å². The van der Waals surface area contributed by atoms with Gasteiger partial charge in [-0.1, -0.05) is 45.4 Å². The Balaban J connectivity index is 0.878. The van der Waals surface area contributed by atoms with Crippen molar-refractivity contribution in [2.45, 2.75) is 304 Å². The summed E-state index contributed by atoms with van der Waals surface area (Å²) in [5.41, 5.74) is -5.78. The van der Waals surface area contributed by atoms with Crippen LogP contribution in [0.1, 0.15) is 119 Å². The Morgan fingerprint density at radius 2 is 1.09 bits per heavy atom. The second-order valence-corrected chi connectivity index (χ2v) is 34.7. The number of methoxy groups -OCH3 is 2. The molecule has 18 N–H and O–H groups in total. The lowest BCUT2D eigenvalue weighted by Crippen LogP contribution is -2.71. The highest BCUT2D eigenvalue weighted by Gasteiger charge is 2.74. The Morgan fingerprint density at radius 3 is 1.69 bits per heavy atom. The van der Waals surface area contributed by atoms with Crippen molar-refractivity contribution in [1.82, 2.24) is 0 Å². The minimum atomic E-state index is -2.25. The van der Waals surface area contributed by atoms with Crippen LogP contribution in [-0.4, -0.2) is 353 Å². The highest BCUT2D eigenvalue weighted by molar-refractivity contribution is 5.87. The molecule has 0 radical (unpaired) electrons. The van der Waals surface area contributed by atoms with E-state index >= 15 is 4.79 Å². The number of aliphatic hydroxyl groups excluding tert-OH is 17. The number of allylic oxidation sites excluding steroid dienone is 1. The molecule has 0 spiro atoms. The molecule has 1 aromatic rings. The molecule has 11 aliphatic rings. The quantitative estimate of drug-likeness (QED) is 0.0164. The molecular weight excluding hydrogens is 1540 g/mol. The molecule has 39 atom stereocenters. The minimum absolute atomic E-state index is 0.0434. The lowest BCUT2D eigenvalue weighted by atomic mass is 9.33. The van der Waals surface area contributed by atoms with E-state index in [2.05, 4.69) is 6.92 Å². The summed E-state index contributed by atoms with van der Waals surface area (Å²) in [7, 11) is 2.83. The van der Waals surface area contributed by atoms with Gasteiger partial charge >= 0.3 is 23.9 Å². The maximum Gasteiger partial charge on any atom is 0.331 e. The molecule has 116 heavy (non-hydrogen) atoms. The van der Waals surface area contributed by atoms with E-state index in [1.54, 1.807) is 18.2 Å². The number of hydrogen-bond donors (Lipinski definition) is 18. The van der Waals surface area contributed by atoms with E-state index in [4.69, 9.17) is 75.8 Å². The lowest BCUT2D eigenvalue weighted by molar-refractivity contribution is -0.393. The highest BCUT2D eigenvalue weighted by Crippen LogP contribution is 2.76. The van der Waals surface area contributed by atoms with Gasteiger partial charge in [-0.25, -0.2) is 4.79 Å². The standard InChI is InChI=1S/C78H116O38/c1-31-60(112-65-55(93)50(88)43(29-104-65)109-67-56(94)51(89)47(85)40(26-79)107-67)54(92)59(97)66(105-31)114-63-62(113-68-57(95)53(91)49(87)42(110-68)28-103-33(3)82)61(111-46(84)16-12-34-11-14-38(101-9)39(23-34)102-10)32(2)106-70(63)116-72(100)77-20-19-73(4,5)24-36(77)35-13-15-44-74(6)25-37(83)64(115-69-58(96)52(90)48(86)41(27-80)108-69)76(8,71(98)99)45(74)17-18-75(44,7)78(35,30-81)22-21-77/h11-14,16,23,31-32,36-37,40-45,47-70,79-81,83,85-97H,15,17-22,24-30H2,1-10H3,(H,98,99)/b16-12-/t31-,32+,36-,37-,40+,41+,42+,43+,44+,45+,47-,48+,49+,50-,51-,52-,53-,54-,55+,56+,57+,58+,59+,60-,61-,62-,63+,64-,65-,66-,67-,68-,69-,70-,74+,75+,76-,77-,78-/m0/s1. The van der Waals surface area contributed by atoms with Gasteiger partial charge in [0, 0.05) is 18.4 Å². The monoisotopic (exact) mass is 1660 g/mol. The third kappa shape index (κ3) is 16.2. The lowest BCUT2D eigenvalue weighted by Gasteiger charge is -2.71. The van der Waals surface area contributed by atoms with E-state index in [0.29, 0.717) is 36.3 Å². The molecule has 0 bridgehead atoms. The zero-order chi connectivity index (χ0) is 84.7. The van der Waals surface area contributed by atoms with Gasteiger partial charge in [-0.15, -0.1) is 0 Å². The first-order valence-corrected chi connectivity index (χ1v) is 39.6. The molecule has 1 aromatic carbocycles. The number of fused-ring (bicyclic) bond motifs is 7. The Labute approximate surface area is 668 Å². The first-order chi connectivity index (χ1) is 54.6. The maximum absolute atomic E-state index is 16.5. The SMILES string of the molecule is COc1ccc(/C=C\C(=O)O[C@@H]2[C@H](O[C@@H]3O[C@H](COC(C)=O)[C@@H](O)[C@H](O)[C@H]3O)[C@@H](O[C@@H]3O[C@@H](C)[C@H](O[C@@H]4OC[C@@H](O[C@@H]5O[C@H](CO)[C@H](O)[C@H](O)[C@H]5O)[C@H](O)[C@H]4O)[C@@H](O)[C@H]3O)[C@H](OC(=O)[C@]34CCC(C)(C)C[C@H]3C3=CC[C@@H]5[C@@]6(C)C[C@H](O)[C@H](O[C@@H]7O[C@H](CO)[C@@H](O)[C@H](O)[C@H]7O)[C@@](C)(C(=O)O)[C@@H]6CC[C@@]5(C)[C@]3(CO)CC4)O[C@@H]2C)cc1OC. The van der Waals surface area contributed by atoms with Crippen LogP contribution in [0.25, 0.3) is 6.08 Å². The molecule has 6 aliphatic heterocycles. The van der Waals surface area contributed by atoms with Crippen molar-refractivity contribution >= 4 is 30.0 Å². The van der Waals surface area contributed by atoms with E-state index in [0.717, 1.165) is 18.6 Å². The van der Waals surface area contributed by atoms with Crippen LogP contribution in [0, 0.1) is 50.2 Å². The number of esters is 3. The van der Waals surface area contributed by atoms with Gasteiger partial charge in [0.05, 0.1) is 69.8 Å². The van der Waals surface area contributed by atoms with Crippen molar-refractivity contribution in [3.05, 3.63) is 41.5 Å². The average molecular weight is 1660 g/mol. The zero-order valence-corrected chi connectivity index (χ0v) is 66.2. The number of carboxylic acid groups (broad SMARTS) is 1. The predicted octanol–water partition coefficient (Wildman–Crippen LogP) is -3.83. The third-order valence-corrected chi connectivity index (χ3v) is 27.5. The second kappa shape index (κ2) is 35.1. The normalized spacial score (nSPS) is 48.1. The Morgan fingerprint density at radius 1 is 0.543 bits per heavy atom. The largest absolute Gasteiger partial charge is 0.493 e. The van der Waals surface area contributed by atoms with Crippen molar-refractivity contribution in [2.75, 3.05) is 47.3 Å². The van der Waals surface area contributed by atoms with Gasteiger partial charge in [-0.3, -0.25) is 14.4 Å². The molecule has 12 rings (SSSR count). The van der Waals surface area contributed by atoms with Crippen molar-refractivity contribution in [2.24, 2.45) is 50.2 Å². The molecule has 0 unspecified atom stereocenters. The zero-order valence-electron chi connectivity index (χ0n) is 66.2. The Hall–Kier alpha value is -4.94. The summed E-state index contributed by atoms with van der Waals surface area (Å²) < 4.78 is 96.3.